The molecular weight excluding hydrogens is 582 g/mol. The van der Waals surface area contributed by atoms with E-state index in [4.69, 9.17) is 4.74 Å². The molecule has 0 saturated carbocycles. The summed E-state index contributed by atoms with van der Waals surface area (Å²) in [6.45, 7) is 3.65. The Morgan fingerprint density at radius 3 is 2.61 bits per heavy atom. The number of likely N-dealkylation sites (N-methyl/N-ethyl adjacent to an activating group) is 1. The van der Waals surface area contributed by atoms with Gasteiger partial charge in [-0.05, 0) is 49.9 Å². The van der Waals surface area contributed by atoms with Crippen molar-refractivity contribution in [2.45, 2.75) is 18.6 Å². The van der Waals surface area contributed by atoms with Crippen molar-refractivity contribution in [3.05, 3.63) is 65.9 Å². The van der Waals surface area contributed by atoms with Crippen LogP contribution in [0.4, 0.5) is 46.4 Å². The molecule has 2 aliphatic heterocycles. The minimum Gasteiger partial charge on any atom is -0.379 e. The molecule has 1 unspecified atom stereocenters. The van der Waals surface area contributed by atoms with E-state index in [1.807, 2.05) is 11.9 Å². The molecule has 3 N–H and O–H groups in total. The number of hydrogen-bond donors (Lipinski definition) is 3. The van der Waals surface area contributed by atoms with Gasteiger partial charge in [-0.3, -0.25) is 4.79 Å². The van der Waals surface area contributed by atoms with Gasteiger partial charge in [-0.15, -0.1) is 0 Å². The van der Waals surface area contributed by atoms with E-state index in [0.717, 1.165) is 24.6 Å². The average molecular weight is 612 g/mol. The third-order valence-electron chi connectivity index (χ3n) is 7.49. The fraction of sp³-hybridized carbons (Fsp3) is 0.345. The fourth-order valence-electron chi connectivity index (χ4n) is 5.03. The summed E-state index contributed by atoms with van der Waals surface area (Å²) < 4.78 is 61.6. The summed E-state index contributed by atoms with van der Waals surface area (Å²) in [5.41, 5.74) is 0.114. The van der Waals surface area contributed by atoms with E-state index >= 15 is 0 Å². The van der Waals surface area contributed by atoms with E-state index in [9.17, 15) is 22.4 Å². The second-order valence-electron chi connectivity index (χ2n) is 10.7. The molecule has 15 heteroatoms. The van der Waals surface area contributed by atoms with Crippen LogP contribution in [0.15, 0.2) is 48.9 Å². The van der Waals surface area contributed by atoms with Crippen molar-refractivity contribution in [1.29, 1.82) is 0 Å². The first-order valence-electron chi connectivity index (χ1n) is 14.0. The zero-order valence-electron chi connectivity index (χ0n) is 23.7. The van der Waals surface area contributed by atoms with Crippen LogP contribution >= 0.6 is 0 Å². The highest BCUT2D eigenvalue weighted by atomic mass is 19.4. The highest BCUT2D eigenvalue weighted by Crippen LogP contribution is 2.35. The van der Waals surface area contributed by atoms with E-state index in [1.54, 1.807) is 0 Å². The molecule has 0 radical (unpaired) electrons. The molecule has 0 bridgehead atoms. The Hall–Kier alpha value is -4.63. The lowest BCUT2D eigenvalue weighted by atomic mass is 10.1. The van der Waals surface area contributed by atoms with Crippen LogP contribution in [0.2, 0.25) is 0 Å². The summed E-state index contributed by atoms with van der Waals surface area (Å²) >= 11 is 0. The number of aromatic nitrogens is 4. The summed E-state index contributed by atoms with van der Waals surface area (Å²) in [4.78, 5) is 34.3. The van der Waals surface area contributed by atoms with E-state index in [2.05, 4.69) is 40.8 Å². The Balaban J connectivity index is 1.24. The second kappa shape index (κ2) is 12.2. The van der Waals surface area contributed by atoms with E-state index in [1.165, 1.54) is 30.7 Å². The van der Waals surface area contributed by atoms with E-state index < -0.39 is 23.5 Å². The van der Waals surface area contributed by atoms with Crippen molar-refractivity contribution in [3.63, 3.8) is 0 Å². The Kier molecular flexibility index (Phi) is 8.14. The molecule has 2 aliphatic rings. The van der Waals surface area contributed by atoms with Crippen molar-refractivity contribution in [2.75, 3.05) is 67.3 Å². The summed E-state index contributed by atoms with van der Waals surface area (Å²) in [6, 6.07) is 7.12. The molecule has 2 saturated heterocycles. The van der Waals surface area contributed by atoms with Gasteiger partial charge in [0.1, 0.15) is 23.2 Å². The maximum atomic E-state index is 14.9. The van der Waals surface area contributed by atoms with Gasteiger partial charge < -0.3 is 30.5 Å². The first-order chi connectivity index (χ1) is 21.1. The number of carbonyl (C=O) groups is 1. The van der Waals surface area contributed by atoms with E-state index in [-0.39, 0.29) is 28.8 Å². The van der Waals surface area contributed by atoms with Gasteiger partial charge in [0.25, 0.3) is 5.91 Å². The van der Waals surface area contributed by atoms with Crippen LogP contribution in [-0.2, 0) is 10.9 Å². The molecule has 1 amide bonds. The van der Waals surface area contributed by atoms with Crippen molar-refractivity contribution in [1.82, 2.24) is 24.8 Å². The van der Waals surface area contributed by atoms with Crippen LogP contribution < -0.4 is 20.9 Å². The van der Waals surface area contributed by atoms with E-state index in [0.29, 0.717) is 62.1 Å². The number of alkyl halides is 3. The van der Waals surface area contributed by atoms with Gasteiger partial charge in [-0.25, -0.2) is 24.3 Å². The second-order valence-corrected chi connectivity index (χ2v) is 10.7. The van der Waals surface area contributed by atoms with Crippen LogP contribution in [0, 0.1) is 5.82 Å². The highest BCUT2D eigenvalue weighted by Gasteiger charge is 2.32. The number of anilines is 5. The number of nitrogens with one attached hydrogen (secondary N) is 3. The molecule has 2 fully saturated rings. The lowest BCUT2D eigenvalue weighted by molar-refractivity contribution is -0.137. The predicted molar refractivity (Wildman–Crippen MR) is 157 cm³/mol. The highest BCUT2D eigenvalue weighted by molar-refractivity contribution is 6.05. The molecule has 230 valence electrons. The summed E-state index contributed by atoms with van der Waals surface area (Å²) in [6.07, 6.45) is -1.03. The van der Waals surface area contributed by atoms with Crippen molar-refractivity contribution < 1.29 is 27.1 Å². The molecule has 0 spiro atoms. The molecule has 2 aromatic carbocycles. The lowest BCUT2D eigenvalue weighted by Gasteiger charge is -2.34. The maximum absolute atomic E-state index is 14.9. The van der Waals surface area contributed by atoms with Crippen molar-refractivity contribution >= 4 is 45.8 Å². The standard InChI is InChI=1S/C29H29F4N9O2/c1-41-5-7-42(8-6-41)21-12-18(29(31,32)33)11-20(13-21)37-27(43)17-2-3-22(30)23(10-17)39-26-25-24(35-16-36-26)14-34-28(40-25)38-19-4-9-44-15-19/h2-3,10-14,16,19H,4-9,15H2,1H3,(H,37,43)(H,34,38,40)(H,35,36,39). The minimum absolute atomic E-state index is 0.0176. The Morgan fingerprint density at radius 1 is 1.05 bits per heavy atom. The average Bonchev–Trinajstić information content (AvgIpc) is 3.51. The largest absolute Gasteiger partial charge is 0.416 e. The van der Waals surface area contributed by atoms with Crippen LogP contribution in [0.25, 0.3) is 11.0 Å². The van der Waals surface area contributed by atoms with Crippen LogP contribution in [0.3, 0.4) is 0 Å². The summed E-state index contributed by atoms with van der Waals surface area (Å²) in [5.74, 6) is -0.886. The topological polar surface area (TPSA) is 120 Å². The Labute approximate surface area is 249 Å². The number of amides is 1. The number of rotatable bonds is 7. The molecule has 4 aromatic rings. The van der Waals surface area contributed by atoms with Gasteiger partial charge in [0, 0.05) is 49.7 Å². The number of benzene rings is 2. The molecule has 0 aliphatic carbocycles. The van der Waals surface area contributed by atoms with Gasteiger partial charge in [0.2, 0.25) is 5.95 Å². The van der Waals surface area contributed by atoms with Gasteiger partial charge in [0.05, 0.1) is 30.1 Å². The number of fused-ring (bicyclic) bond motifs is 1. The molecule has 4 heterocycles. The first-order valence-corrected chi connectivity index (χ1v) is 14.0. The Morgan fingerprint density at radius 2 is 1.86 bits per heavy atom. The third-order valence-corrected chi connectivity index (χ3v) is 7.49. The SMILES string of the molecule is CN1CCN(c2cc(NC(=O)c3ccc(F)c(Nc4ncnc5cnc(NC6CCOC6)nc45)c3)cc(C(F)(F)F)c2)CC1. The predicted octanol–water partition coefficient (Wildman–Crippen LogP) is 4.53. The van der Waals surface area contributed by atoms with Crippen molar-refractivity contribution in [2.24, 2.45) is 0 Å². The molecular formula is C29H29F4N9O2. The normalized spacial score (nSPS) is 17.6. The van der Waals surface area contributed by atoms with Crippen LogP contribution in [0.5, 0.6) is 0 Å². The molecule has 2 aromatic heterocycles. The Bertz CT molecular complexity index is 1670. The fourth-order valence-corrected chi connectivity index (χ4v) is 5.03. The lowest BCUT2D eigenvalue weighted by Crippen LogP contribution is -2.44. The third kappa shape index (κ3) is 6.63. The van der Waals surface area contributed by atoms with Gasteiger partial charge in [-0.2, -0.15) is 13.2 Å². The van der Waals surface area contributed by atoms with Gasteiger partial charge in [-0.1, -0.05) is 0 Å². The molecule has 6 rings (SSSR count). The zero-order valence-corrected chi connectivity index (χ0v) is 23.7. The monoisotopic (exact) mass is 611 g/mol. The zero-order chi connectivity index (χ0) is 30.8. The van der Waals surface area contributed by atoms with Gasteiger partial charge in [0.15, 0.2) is 5.82 Å². The van der Waals surface area contributed by atoms with Crippen LogP contribution in [-0.4, -0.2) is 83.2 Å². The van der Waals surface area contributed by atoms with Crippen molar-refractivity contribution in [3.8, 4) is 0 Å². The first kappa shape index (κ1) is 29.4. The maximum Gasteiger partial charge on any atom is 0.416 e. The summed E-state index contributed by atoms with van der Waals surface area (Å²) in [5, 5.41) is 8.61. The van der Waals surface area contributed by atoms with Crippen LogP contribution in [0.1, 0.15) is 22.3 Å². The number of carbonyl (C=O) groups excluding carboxylic acids is 1. The van der Waals surface area contributed by atoms with Gasteiger partial charge >= 0.3 is 6.18 Å². The molecule has 1 atom stereocenters. The smallest absolute Gasteiger partial charge is 0.379 e. The molecule has 11 nitrogen and oxygen atoms in total. The summed E-state index contributed by atoms with van der Waals surface area (Å²) in [7, 11) is 1.95. The molecule has 44 heavy (non-hydrogen) atoms. The number of nitrogens with zero attached hydrogens (tertiary/aromatic N) is 6. The number of ether oxygens (including phenoxy) is 1. The quantitative estimate of drug-likeness (QED) is 0.257. The number of piperazine rings is 1. The number of halogens is 4. The number of hydrogen-bond acceptors (Lipinski definition) is 10. The minimum atomic E-state index is -4.61.